The van der Waals surface area contributed by atoms with Gasteiger partial charge in [-0.3, -0.25) is 4.79 Å². The van der Waals surface area contributed by atoms with Gasteiger partial charge in [-0.15, -0.1) is 0 Å². The molecule has 148 valence electrons. The van der Waals surface area contributed by atoms with E-state index in [9.17, 15) is 4.79 Å². The highest BCUT2D eigenvalue weighted by Crippen LogP contribution is 2.27. The predicted octanol–water partition coefficient (Wildman–Crippen LogP) is 4.22. The van der Waals surface area contributed by atoms with Crippen LogP contribution in [0.1, 0.15) is 30.1 Å². The van der Waals surface area contributed by atoms with Crippen molar-refractivity contribution in [2.45, 2.75) is 25.4 Å². The average molecular weight is 387 g/mol. The molecule has 5 heteroatoms. The number of piperidine rings is 1. The van der Waals surface area contributed by atoms with E-state index in [4.69, 9.17) is 4.74 Å². The van der Waals surface area contributed by atoms with Crippen LogP contribution in [-0.2, 0) is 16.0 Å². The molecule has 1 aliphatic rings. The first-order valence-electron chi connectivity index (χ1n) is 10.1. The highest BCUT2D eigenvalue weighted by molar-refractivity contribution is 5.74. The molecule has 4 rings (SSSR count). The van der Waals surface area contributed by atoms with E-state index in [1.807, 2.05) is 48.5 Å². The summed E-state index contributed by atoms with van der Waals surface area (Å²) in [5.41, 5.74) is 2.17. The molecule has 5 nitrogen and oxygen atoms in total. The number of hydrogen-bond acceptors (Lipinski definition) is 5. The molecule has 0 radical (unpaired) electrons. The van der Waals surface area contributed by atoms with Crippen LogP contribution < -0.4 is 4.90 Å². The summed E-state index contributed by atoms with van der Waals surface area (Å²) in [6.45, 7) is 1.45. The molecule has 0 spiro atoms. The second-order valence-electron chi connectivity index (χ2n) is 7.36. The van der Waals surface area contributed by atoms with Crippen LogP contribution in [0.25, 0.3) is 0 Å². The Morgan fingerprint density at radius 3 is 2.41 bits per heavy atom. The number of aromatic nitrogens is 2. The van der Waals surface area contributed by atoms with Crippen molar-refractivity contribution < 1.29 is 9.53 Å². The van der Waals surface area contributed by atoms with E-state index in [2.05, 4.69) is 27.0 Å². The summed E-state index contributed by atoms with van der Waals surface area (Å²) in [7, 11) is 0. The van der Waals surface area contributed by atoms with Crippen LogP contribution in [0.2, 0.25) is 0 Å². The van der Waals surface area contributed by atoms with Crippen molar-refractivity contribution in [2.24, 2.45) is 5.92 Å². The summed E-state index contributed by atoms with van der Waals surface area (Å²) >= 11 is 0. The monoisotopic (exact) mass is 387 g/mol. The SMILES string of the molecule is O=C(O[C@@H](Cc1ccccc1)c1ccccc1)[C@H]1CCCN(c2ncccn2)C1. The highest BCUT2D eigenvalue weighted by Gasteiger charge is 2.30. The average Bonchev–Trinajstić information content (AvgIpc) is 2.80. The Balaban J connectivity index is 1.47. The van der Waals surface area contributed by atoms with Gasteiger partial charge in [0.15, 0.2) is 0 Å². The number of nitrogens with zero attached hydrogens (tertiary/aromatic N) is 3. The molecule has 1 aromatic heterocycles. The minimum atomic E-state index is -0.297. The second-order valence-corrected chi connectivity index (χ2v) is 7.36. The zero-order chi connectivity index (χ0) is 19.9. The Labute approximate surface area is 171 Å². The maximum atomic E-state index is 13.1. The molecule has 1 saturated heterocycles. The smallest absolute Gasteiger partial charge is 0.311 e. The molecular weight excluding hydrogens is 362 g/mol. The van der Waals surface area contributed by atoms with Gasteiger partial charge in [0.1, 0.15) is 6.10 Å². The molecule has 0 saturated carbocycles. The molecular formula is C24H25N3O2. The standard InChI is InChI=1S/C24H25N3O2/c28-23(21-13-7-16-27(18-21)24-25-14-8-15-26-24)29-22(20-11-5-2-6-12-20)17-19-9-3-1-4-10-19/h1-6,8-12,14-15,21-22H,7,13,16-18H2/t21-,22-/m0/s1. The molecule has 2 atom stereocenters. The van der Waals surface area contributed by atoms with Gasteiger partial charge in [0.2, 0.25) is 5.95 Å². The Hall–Kier alpha value is -3.21. The van der Waals surface area contributed by atoms with Crippen molar-refractivity contribution in [2.75, 3.05) is 18.0 Å². The largest absolute Gasteiger partial charge is 0.457 e. The van der Waals surface area contributed by atoms with Crippen molar-refractivity contribution in [1.82, 2.24) is 9.97 Å². The lowest BCUT2D eigenvalue weighted by molar-refractivity contribution is -0.154. The molecule has 1 fully saturated rings. The third kappa shape index (κ3) is 4.99. The van der Waals surface area contributed by atoms with Gasteiger partial charge in [-0.2, -0.15) is 0 Å². The van der Waals surface area contributed by atoms with E-state index in [1.54, 1.807) is 18.5 Å². The second kappa shape index (κ2) is 9.32. The molecule has 1 aliphatic heterocycles. The van der Waals surface area contributed by atoms with Gasteiger partial charge in [0, 0.05) is 31.9 Å². The number of anilines is 1. The number of ether oxygens (including phenoxy) is 1. The van der Waals surface area contributed by atoms with E-state index in [-0.39, 0.29) is 18.0 Å². The van der Waals surface area contributed by atoms with Gasteiger partial charge in [-0.25, -0.2) is 9.97 Å². The van der Waals surface area contributed by atoms with Gasteiger partial charge in [0.05, 0.1) is 5.92 Å². The first-order chi connectivity index (χ1) is 14.3. The van der Waals surface area contributed by atoms with Gasteiger partial charge >= 0.3 is 5.97 Å². The molecule has 0 N–H and O–H groups in total. The normalized spacial score (nSPS) is 17.5. The van der Waals surface area contributed by atoms with Crippen LogP contribution in [-0.4, -0.2) is 29.0 Å². The molecule has 2 aromatic carbocycles. The van der Waals surface area contributed by atoms with E-state index < -0.39 is 0 Å². The zero-order valence-corrected chi connectivity index (χ0v) is 16.4. The third-order valence-corrected chi connectivity index (χ3v) is 5.28. The van der Waals surface area contributed by atoms with Crippen LogP contribution in [0.3, 0.4) is 0 Å². The van der Waals surface area contributed by atoms with Crippen molar-refractivity contribution in [3.63, 3.8) is 0 Å². The zero-order valence-electron chi connectivity index (χ0n) is 16.4. The predicted molar refractivity (Wildman–Crippen MR) is 112 cm³/mol. The topological polar surface area (TPSA) is 55.3 Å². The summed E-state index contributed by atoms with van der Waals surface area (Å²) in [6, 6.07) is 21.9. The first-order valence-corrected chi connectivity index (χ1v) is 10.1. The first kappa shape index (κ1) is 19.1. The van der Waals surface area contributed by atoms with Crippen molar-refractivity contribution in [3.8, 4) is 0 Å². The number of hydrogen-bond donors (Lipinski definition) is 0. The number of carbonyl (C=O) groups excluding carboxylic acids is 1. The van der Waals surface area contributed by atoms with Crippen molar-refractivity contribution >= 4 is 11.9 Å². The van der Waals surface area contributed by atoms with Crippen LogP contribution in [0.4, 0.5) is 5.95 Å². The highest BCUT2D eigenvalue weighted by atomic mass is 16.5. The van der Waals surface area contributed by atoms with Gasteiger partial charge in [0.25, 0.3) is 0 Å². The molecule has 0 aliphatic carbocycles. The fraction of sp³-hybridized carbons (Fsp3) is 0.292. The number of benzene rings is 2. The van der Waals surface area contributed by atoms with Crippen LogP contribution in [0.15, 0.2) is 79.1 Å². The van der Waals surface area contributed by atoms with Crippen LogP contribution in [0.5, 0.6) is 0 Å². The van der Waals surface area contributed by atoms with E-state index in [0.717, 1.165) is 30.5 Å². The fourth-order valence-electron chi connectivity index (χ4n) is 3.77. The lowest BCUT2D eigenvalue weighted by Gasteiger charge is -2.32. The Morgan fingerprint density at radius 1 is 1.00 bits per heavy atom. The maximum absolute atomic E-state index is 13.1. The molecule has 0 amide bonds. The molecule has 2 heterocycles. The Kier molecular flexibility index (Phi) is 6.15. The summed E-state index contributed by atoms with van der Waals surface area (Å²) in [5, 5.41) is 0. The van der Waals surface area contributed by atoms with E-state index in [0.29, 0.717) is 18.9 Å². The number of carbonyl (C=O) groups is 1. The van der Waals surface area contributed by atoms with Gasteiger partial charge < -0.3 is 9.64 Å². The fourth-order valence-corrected chi connectivity index (χ4v) is 3.77. The molecule has 0 unspecified atom stereocenters. The summed E-state index contributed by atoms with van der Waals surface area (Å²) in [5.74, 6) is 0.360. The van der Waals surface area contributed by atoms with Crippen molar-refractivity contribution in [3.05, 3.63) is 90.3 Å². The number of esters is 1. The summed E-state index contributed by atoms with van der Waals surface area (Å²) < 4.78 is 6.06. The molecule has 3 aromatic rings. The number of rotatable bonds is 6. The van der Waals surface area contributed by atoms with Crippen molar-refractivity contribution in [1.29, 1.82) is 0 Å². The minimum Gasteiger partial charge on any atom is -0.457 e. The lowest BCUT2D eigenvalue weighted by Crippen LogP contribution is -2.40. The summed E-state index contributed by atoms with van der Waals surface area (Å²) in [6.07, 6.45) is 5.58. The Bertz CT molecular complexity index is 903. The molecule has 0 bridgehead atoms. The van der Waals surface area contributed by atoms with Gasteiger partial charge in [-0.05, 0) is 30.0 Å². The quantitative estimate of drug-likeness (QED) is 0.593. The van der Waals surface area contributed by atoms with E-state index >= 15 is 0 Å². The maximum Gasteiger partial charge on any atom is 0.311 e. The van der Waals surface area contributed by atoms with Crippen LogP contribution in [0, 0.1) is 5.92 Å². The minimum absolute atomic E-state index is 0.143. The van der Waals surface area contributed by atoms with Crippen LogP contribution >= 0.6 is 0 Å². The van der Waals surface area contributed by atoms with E-state index in [1.165, 1.54) is 0 Å². The van der Waals surface area contributed by atoms with Gasteiger partial charge in [-0.1, -0.05) is 60.7 Å². The summed E-state index contributed by atoms with van der Waals surface area (Å²) in [4.78, 5) is 23.8. The third-order valence-electron chi connectivity index (χ3n) is 5.28. The Morgan fingerprint density at radius 2 is 1.69 bits per heavy atom. The lowest BCUT2D eigenvalue weighted by atomic mass is 9.97. The molecule has 29 heavy (non-hydrogen) atoms.